The summed E-state index contributed by atoms with van der Waals surface area (Å²) in [5, 5.41) is 20.5. The lowest BCUT2D eigenvalue weighted by Gasteiger charge is -2.12. The number of alkyl halides is 3. The summed E-state index contributed by atoms with van der Waals surface area (Å²) >= 11 is 0. The zero-order valence-electron chi connectivity index (χ0n) is 11.7. The maximum atomic E-state index is 13.0. The topological polar surface area (TPSA) is 80.4 Å². The number of nitro benzene ring substituents is 1. The average Bonchev–Trinajstić information content (AvgIpc) is 2.48. The molecule has 0 radical (unpaired) electrons. The summed E-state index contributed by atoms with van der Waals surface area (Å²) in [6.07, 6.45) is -4.73. The summed E-state index contributed by atoms with van der Waals surface area (Å²) in [5.74, 6) is -1.64. The number of carbonyl (C=O) groups excluding carboxylic acids is 1. The predicted molar refractivity (Wildman–Crippen MR) is 74.4 cm³/mol. The van der Waals surface area contributed by atoms with Crippen LogP contribution >= 0.6 is 0 Å². The molecular formula is C15H10F3NO4. The van der Waals surface area contributed by atoms with E-state index in [2.05, 4.69) is 0 Å². The third-order valence-electron chi connectivity index (χ3n) is 3.22. The fourth-order valence-electron chi connectivity index (χ4n) is 2.12. The number of aryl methyl sites for hydroxylation is 1. The molecule has 0 aliphatic carbocycles. The summed E-state index contributed by atoms with van der Waals surface area (Å²) in [4.78, 5) is 22.3. The molecule has 2 rings (SSSR count). The highest BCUT2D eigenvalue weighted by atomic mass is 19.4. The minimum absolute atomic E-state index is 0.0204. The fourth-order valence-corrected chi connectivity index (χ4v) is 2.12. The lowest BCUT2D eigenvalue weighted by atomic mass is 9.96. The van der Waals surface area contributed by atoms with E-state index in [-0.39, 0.29) is 11.1 Å². The van der Waals surface area contributed by atoms with Crippen molar-refractivity contribution in [3.63, 3.8) is 0 Å². The Morgan fingerprint density at radius 2 is 1.83 bits per heavy atom. The highest BCUT2D eigenvalue weighted by molar-refractivity contribution is 6.10. The molecule has 5 nitrogen and oxygen atoms in total. The lowest BCUT2D eigenvalue weighted by Crippen LogP contribution is -2.14. The van der Waals surface area contributed by atoms with Crippen molar-refractivity contribution in [2.45, 2.75) is 13.1 Å². The monoisotopic (exact) mass is 325 g/mol. The molecule has 0 bridgehead atoms. The van der Waals surface area contributed by atoms with Crippen molar-refractivity contribution >= 4 is 11.5 Å². The number of hydrogen-bond donors (Lipinski definition) is 1. The maximum absolute atomic E-state index is 13.0. The van der Waals surface area contributed by atoms with Gasteiger partial charge in [0.1, 0.15) is 0 Å². The molecule has 8 heteroatoms. The molecule has 0 aromatic heterocycles. The van der Waals surface area contributed by atoms with Gasteiger partial charge in [-0.3, -0.25) is 14.9 Å². The Labute approximate surface area is 128 Å². The second-order valence-corrected chi connectivity index (χ2v) is 4.79. The Morgan fingerprint density at radius 1 is 1.22 bits per heavy atom. The van der Waals surface area contributed by atoms with E-state index in [0.717, 1.165) is 30.3 Å². The van der Waals surface area contributed by atoms with Crippen LogP contribution in [0.15, 0.2) is 36.4 Å². The van der Waals surface area contributed by atoms with Gasteiger partial charge in [0.15, 0.2) is 11.5 Å². The molecule has 0 aliphatic rings. The third-order valence-corrected chi connectivity index (χ3v) is 3.22. The van der Waals surface area contributed by atoms with Gasteiger partial charge in [-0.1, -0.05) is 18.2 Å². The van der Waals surface area contributed by atoms with Gasteiger partial charge >= 0.3 is 11.9 Å². The number of carbonyl (C=O) groups is 1. The van der Waals surface area contributed by atoms with Crippen molar-refractivity contribution in [2.75, 3.05) is 0 Å². The van der Waals surface area contributed by atoms with Crippen LogP contribution in [0.25, 0.3) is 0 Å². The smallest absolute Gasteiger partial charge is 0.417 e. The summed E-state index contributed by atoms with van der Waals surface area (Å²) in [6.45, 7) is 1.31. The first-order chi connectivity index (χ1) is 10.6. The molecule has 0 unspecified atom stereocenters. The molecule has 120 valence electrons. The first-order valence-electron chi connectivity index (χ1n) is 6.32. The minimum Gasteiger partial charge on any atom is -0.502 e. The predicted octanol–water partition coefficient (Wildman–Crippen LogP) is 3.86. The van der Waals surface area contributed by atoms with E-state index in [1.807, 2.05) is 0 Å². The Balaban J connectivity index is 2.61. The van der Waals surface area contributed by atoms with Gasteiger partial charge in [0.05, 0.1) is 10.5 Å². The van der Waals surface area contributed by atoms with Gasteiger partial charge < -0.3 is 5.11 Å². The van der Waals surface area contributed by atoms with Gasteiger partial charge in [0, 0.05) is 17.2 Å². The number of rotatable bonds is 3. The number of benzene rings is 2. The van der Waals surface area contributed by atoms with E-state index in [1.54, 1.807) is 0 Å². The second kappa shape index (κ2) is 5.71. The van der Waals surface area contributed by atoms with Crippen LogP contribution in [0.1, 0.15) is 27.0 Å². The molecule has 0 heterocycles. The molecule has 2 aromatic carbocycles. The standard InChI is InChI=1S/C15H10F3NO4/c1-8-6-9(7-12(13(8)20)19(22)23)14(21)10-4-2-3-5-11(10)15(16,17)18/h2-7,20H,1H3. The van der Waals surface area contributed by atoms with E-state index in [4.69, 9.17) is 0 Å². The first-order valence-corrected chi connectivity index (χ1v) is 6.32. The average molecular weight is 325 g/mol. The van der Waals surface area contributed by atoms with Gasteiger partial charge in [-0.05, 0) is 24.6 Å². The zero-order chi connectivity index (χ0) is 17.4. The SMILES string of the molecule is Cc1cc(C(=O)c2ccccc2C(F)(F)F)cc([N+](=O)[O-])c1O. The van der Waals surface area contributed by atoms with E-state index < -0.39 is 39.4 Å². The van der Waals surface area contributed by atoms with Crippen molar-refractivity contribution in [2.24, 2.45) is 0 Å². The molecule has 0 fully saturated rings. The Hall–Kier alpha value is -2.90. The number of ketones is 1. The molecule has 0 aliphatic heterocycles. The van der Waals surface area contributed by atoms with Crippen LogP contribution in [0, 0.1) is 17.0 Å². The van der Waals surface area contributed by atoms with E-state index in [9.17, 15) is 33.2 Å². The summed E-state index contributed by atoms with van der Waals surface area (Å²) in [7, 11) is 0. The summed E-state index contributed by atoms with van der Waals surface area (Å²) in [6, 6.07) is 6.04. The summed E-state index contributed by atoms with van der Waals surface area (Å²) in [5.41, 5.74) is -2.76. The fraction of sp³-hybridized carbons (Fsp3) is 0.133. The molecule has 0 saturated carbocycles. The molecule has 0 spiro atoms. The van der Waals surface area contributed by atoms with Crippen LogP contribution in [0.4, 0.5) is 18.9 Å². The largest absolute Gasteiger partial charge is 0.502 e. The molecule has 2 aromatic rings. The first kappa shape index (κ1) is 16.5. The maximum Gasteiger partial charge on any atom is 0.417 e. The number of phenols is 1. The molecule has 0 amide bonds. The Kier molecular flexibility index (Phi) is 4.09. The van der Waals surface area contributed by atoms with Gasteiger partial charge in [-0.25, -0.2) is 0 Å². The van der Waals surface area contributed by atoms with Crippen LogP contribution in [0.3, 0.4) is 0 Å². The third kappa shape index (κ3) is 3.15. The summed E-state index contributed by atoms with van der Waals surface area (Å²) < 4.78 is 38.9. The molecule has 23 heavy (non-hydrogen) atoms. The highest BCUT2D eigenvalue weighted by Gasteiger charge is 2.35. The van der Waals surface area contributed by atoms with E-state index >= 15 is 0 Å². The second-order valence-electron chi connectivity index (χ2n) is 4.79. The van der Waals surface area contributed by atoms with Crippen molar-refractivity contribution in [1.82, 2.24) is 0 Å². The molecule has 1 N–H and O–H groups in total. The number of nitrogens with zero attached hydrogens (tertiary/aromatic N) is 1. The Bertz CT molecular complexity index is 800. The van der Waals surface area contributed by atoms with Crippen LogP contribution in [0.5, 0.6) is 5.75 Å². The van der Waals surface area contributed by atoms with Crippen molar-refractivity contribution in [3.05, 3.63) is 68.8 Å². The molecule has 0 atom stereocenters. The van der Waals surface area contributed by atoms with E-state index in [1.165, 1.54) is 13.0 Å². The number of phenolic OH excluding ortho intramolecular Hbond substituents is 1. The molecular weight excluding hydrogens is 315 g/mol. The van der Waals surface area contributed by atoms with E-state index in [0.29, 0.717) is 0 Å². The van der Waals surface area contributed by atoms with Gasteiger partial charge in [-0.2, -0.15) is 13.2 Å². The van der Waals surface area contributed by atoms with Crippen molar-refractivity contribution in [1.29, 1.82) is 0 Å². The normalized spacial score (nSPS) is 11.3. The highest BCUT2D eigenvalue weighted by Crippen LogP contribution is 2.35. The number of halogens is 3. The Morgan fingerprint density at radius 3 is 2.39 bits per heavy atom. The zero-order valence-corrected chi connectivity index (χ0v) is 11.7. The van der Waals surface area contributed by atoms with Crippen LogP contribution < -0.4 is 0 Å². The van der Waals surface area contributed by atoms with Gasteiger partial charge in [0.2, 0.25) is 0 Å². The minimum atomic E-state index is -4.73. The van der Waals surface area contributed by atoms with Gasteiger partial charge in [0.25, 0.3) is 0 Å². The lowest BCUT2D eigenvalue weighted by molar-refractivity contribution is -0.385. The van der Waals surface area contributed by atoms with Crippen LogP contribution in [-0.2, 0) is 6.18 Å². The van der Waals surface area contributed by atoms with Gasteiger partial charge in [-0.15, -0.1) is 0 Å². The number of nitro groups is 1. The number of hydrogen-bond acceptors (Lipinski definition) is 4. The van der Waals surface area contributed by atoms with Crippen LogP contribution in [-0.4, -0.2) is 15.8 Å². The quantitative estimate of drug-likeness (QED) is 0.528. The molecule has 0 saturated heterocycles. The van der Waals surface area contributed by atoms with Crippen molar-refractivity contribution in [3.8, 4) is 5.75 Å². The number of aromatic hydroxyl groups is 1. The van der Waals surface area contributed by atoms with Crippen molar-refractivity contribution < 1.29 is 28.0 Å². The van der Waals surface area contributed by atoms with Crippen LogP contribution in [0.2, 0.25) is 0 Å².